The van der Waals surface area contributed by atoms with Crippen LogP contribution in [-0.2, 0) is 0 Å². The number of rotatable bonds is 6. The van der Waals surface area contributed by atoms with Crippen LogP contribution in [0.3, 0.4) is 0 Å². The highest BCUT2D eigenvalue weighted by atomic mass is 19.1. The zero-order valence-corrected chi connectivity index (χ0v) is 20.4. The predicted octanol–water partition coefficient (Wildman–Crippen LogP) is 3.78. The molecule has 3 aromatic heterocycles. The van der Waals surface area contributed by atoms with Crippen molar-refractivity contribution in [2.24, 2.45) is 0 Å². The molecular formula is C26H27FN4O5. The van der Waals surface area contributed by atoms with Crippen LogP contribution in [0, 0.1) is 13.8 Å². The van der Waals surface area contributed by atoms with Crippen molar-refractivity contribution in [2.75, 3.05) is 13.1 Å². The van der Waals surface area contributed by atoms with Crippen molar-refractivity contribution in [1.82, 2.24) is 19.8 Å². The molecule has 0 bridgehead atoms. The molecule has 0 spiro atoms. The third kappa shape index (κ3) is 3.97. The number of furan rings is 1. The Hall–Kier alpha value is -3.92. The van der Waals surface area contributed by atoms with Gasteiger partial charge < -0.3 is 24.5 Å². The number of nitrogens with zero attached hydrogens (tertiary/aromatic N) is 3. The summed E-state index contributed by atoms with van der Waals surface area (Å²) in [6.45, 7) is 7.03. The number of hydrogen-bond donors (Lipinski definition) is 2. The summed E-state index contributed by atoms with van der Waals surface area (Å²) in [5, 5.41) is 17.1. The van der Waals surface area contributed by atoms with E-state index in [0.717, 1.165) is 0 Å². The van der Waals surface area contributed by atoms with Gasteiger partial charge in [0.2, 0.25) is 0 Å². The van der Waals surface area contributed by atoms with E-state index < -0.39 is 18.3 Å². The molecule has 4 aromatic rings. The maximum atomic E-state index is 13.6. The average molecular weight is 495 g/mol. The Morgan fingerprint density at radius 1 is 1.33 bits per heavy atom. The second kappa shape index (κ2) is 8.94. The number of carbonyl (C=O) groups excluding carboxylic acids is 2. The van der Waals surface area contributed by atoms with Gasteiger partial charge in [-0.3, -0.25) is 9.59 Å². The van der Waals surface area contributed by atoms with Crippen LogP contribution in [0.2, 0.25) is 0 Å². The Morgan fingerprint density at radius 3 is 2.81 bits per heavy atom. The lowest BCUT2D eigenvalue weighted by atomic mass is 10.0. The lowest BCUT2D eigenvalue weighted by Crippen LogP contribution is -2.58. The molecule has 0 radical (unpaired) electrons. The van der Waals surface area contributed by atoms with Crippen LogP contribution in [0.15, 0.2) is 41.1 Å². The fourth-order valence-electron chi connectivity index (χ4n) is 4.51. The van der Waals surface area contributed by atoms with E-state index in [9.17, 15) is 19.1 Å². The number of aliphatic hydroxyl groups excluding tert-OH is 1. The molecule has 3 atom stereocenters. The number of aliphatic hydroxyl groups is 1. The van der Waals surface area contributed by atoms with Crippen LogP contribution in [0.25, 0.3) is 16.5 Å². The van der Waals surface area contributed by atoms with E-state index in [1.54, 1.807) is 61.9 Å². The zero-order chi connectivity index (χ0) is 25.7. The first-order valence-electron chi connectivity index (χ1n) is 11.7. The predicted molar refractivity (Wildman–Crippen MR) is 130 cm³/mol. The molecule has 188 valence electrons. The number of amides is 2. The van der Waals surface area contributed by atoms with E-state index >= 15 is 0 Å². The molecule has 10 heteroatoms. The zero-order valence-electron chi connectivity index (χ0n) is 20.4. The largest absolute Gasteiger partial charge is 0.460 e. The molecule has 5 rings (SSSR count). The molecule has 2 N–H and O–H groups in total. The normalized spacial score (nSPS) is 18.3. The molecule has 1 aromatic carbocycles. The number of benzene rings is 1. The van der Waals surface area contributed by atoms with Crippen molar-refractivity contribution in [3.05, 3.63) is 59.1 Å². The first-order valence-corrected chi connectivity index (χ1v) is 11.7. The summed E-state index contributed by atoms with van der Waals surface area (Å²) in [6, 6.07) is 6.42. The second-order valence-corrected chi connectivity index (χ2v) is 9.22. The molecule has 4 heterocycles. The number of fused-ring (bicyclic) bond motifs is 2. The molecule has 0 aliphatic carbocycles. The van der Waals surface area contributed by atoms with Crippen molar-refractivity contribution >= 4 is 28.3 Å². The van der Waals surface area contributed by atoms with Gasteiger partial charge in [-0.2, -0.15) is 5.10 Å². The second-order valence-electron chi connectivity index (χ2n) is 9.22. The van der Waals surface area contributed by atoms with E-state index in [0.29, 0.717) is 50.4 Å². The van der Waals surface area contributed by atoms with E-state index in [1.807, 2.05) is 6.92 Å². The highest BCUT2D eigenvalue weighted by Crippen LogP contribution is 2.35. The van der Waals surface area contributed by atoms with Crippen LogP contribution in [0.5, 0.6) is 11.5 Å². The van der Waals surface area contributed by atoms with E-state index in [1.165, 1.54) is 4.90 Å². The average Bonchev–Trinajstić information content (AvgIpc) is 3.36. The molecule has 0 saturated carbocycles. The molecule has 36 heavy (non-hydrogen) atoms. The number of aryl methyl sites for hydroxylation is 2. The number of likely N-dealkylation sites (tertiary alicyclic amines) is 1. The van der Waals surface area contributed by atoms with Gasteiger partial charge >= 0.3 is 0 Å². The topological polar surface area (TPSA) is 109 Å². The standard InChI is InChI=1S/C26H27FN4O5/c1-13(32)10-28-25(33)23-16(4)35-22-9-17(5-6-18(22)23)36-21-7-8-29-31-11-19(14(2)24(21)31)26(34)30-12-20(27)15(30)3/h5-9,11,13,15,20,32H,10,12H2,1-4H3,(H,28,33)/t13-,15-,20+/m1/s1. The Morgan fingerprint density at radius 2 is 2.11 bits per heavy atom. The third-order valence-corrected chi connectivity index (χ3v) is 6.62. The summed E-state index contributed by atoms with van der Waals surface area (Å²) >= 11 is 0. The quantitative estimate of drug-likeness (QED) is 0.422. The summed E-state index contributed by atoms with van der Waals surface area (Å²) in [4.78, 5) is 27.1. The van der Waals surface area contributed by atoms with Crippen LogP contribution in [0.1, 0.15) is 45.9 Å². The minimum atomic E-state index is -1.01. The van der Waals surface area contributed by atoms with E-state index in [-0.39, 0.29) is 24.9 Å². The highest BCUT2D eigenvalue weighted by Gasteiger charge is 2.40. The van der Waals surface area contributed by atoms with Gasteiger partial charge in [-0.15, -0.1) is 0 Å². The lowest BCUT2D eigenvalue weighted by molar-refractivity contribution is 0.00637. The van der Waals surface area contributed by atoms with Gasteiger partial charge in [0.25, 0.3) is 11.8 Å². The molecule has 1 fully saturated rings. The summed E-state index contributed by atoms with van der Waals surface area (Å²) in [6.07, 6.45) is 1.54. The van der Waals surface area contributed by atoms with Crippen LogP contribution < -0.4 is 10.1 Å². The van der Waals surface area contributed by atoms with Crippen molar-refractivity contribution in [1.29, 1.82) is 0 Å². The minimum Gasteiger partial charge on any atom is -0.460 e. The Kier molecular flexibility index (Phi) is 5.91. The van der Waals surface area contributed by atoms with Crippen LogP contribution in [0.4, 0.5) is 4.39 Å². The first-order chi connectivity index (χ1) is 17.2. The number of alkyl halides is 1. The number of ether oxygens (including phenoxy) is 1. The highest BCUT2D eigenvalue weighted by molar-refractivity contribution is 6.07. The van der Waals surface area contributed by atoms with Crippen molar-refractivity contribution < 1.29 is 28.2 Å². The van der Waals surface area contributed by atoms with Gasteiger partial charge in [0.15, 0.2) is 5.75 Å². The molecule has 1 aliphatic heterocycles. The van der Waals surface area contributed by atoms with Crippen molar-refractivity contribution in [3.8, 4) is 11.5 Å². The molecular weight excluding hydrogens is 467 g/mol. The Bertz CT molecular complexity index is 1490. The van der Waals surface area contributed by atoms with Gasteiger partial charge in [0.1, 0.15) is 28.8 Å². The summed E-state index contributed by atoms with van der Waals surface area (Å²) < 4.78 is 27.2. The van der Waals surface area contributed by atoms with Gasteiger partial charge in [-0.1, -0.05) is 0 Å². The molecule has 1 aliphatic rings. The summed E-state index contributed by atoms with van der Waals surface area (Å²) in [7, 11) is 0. The maximum Gasteiger partial charge on any atom is 0.256 e. The van der Waals surface area contributed by atoms with Gasteiger partial charge in [0, 0.05) is 30.3 Å². The van der Waals surface area contributed by atoms with Crippen LogP contribution >= 0.6 is 0 Å². The summed E-state index contributed by atoms with van der Waals surface area (Å²) in [5.41, 5.74) is 2.64. The van der Waals surface area contributed by atoms with Crippen LogP contribution in [-0.4, -0.2) is 62.8 Å². The fourth-order valence-corrected chi connectivity index (χ4v) is 4.51. The van der Waals surface area contributed by atoms with E-state index in [4.69, 9.17) is 9.15 Å². The first kappa shape index (κ1) is 23.8. The number of nitrogens with one attached hydrogen (secondary N) is 1. The maximum absolute atomic E-state index is 13.6. The number of halogens is 1. The Balaban J connectivity index is 1.45. The van der Waals surface area contributed by atoms with Crippen molar-refractivity contribution in [3.63, 3.8) is 0 Å². The summed E-state index contributed by atoms with van der Waals surface area (Å²) in [5.74, 6) is 0.856. The minimum absolute atomic E-state index is 0.0873. The third-order valence-electron chi connectivity index (χ3n) is 6.62. The monoisotopic (exact) mass is 494 g/mol. The number of carbonyl (C=O) groups is 2. The lowest BCUT2D eigenvalue weighted by Gasteiger charge is -2.41. The smallest absolute Gasteiger partial charge is 0.256 e. The molecule has 2 amide bonds. The number of hydrogen-bond acceptors (Lipinski definition) is 6. The molecule has 9 nitrogen and oxygen atoms in total. The van der Waals surface area contributed by atoms with Gasteiger partial charge in [-0.25, -0.2) is 8.91 Å². The van der Waals surface area contributed by atoms with Gasteiger partial charge in [-0.05, 0) is 45.4 Å². The molecule has 0 unspecified atom stereocenters. The SMILES string of the molecule is Cc1oc2cc(Oc3ccnn4cc(C(=O)N5C[C@H](F)[C@H]5C)c(C)c34)ccc2c1C(=O)NC[C@@H](C)O. The number of aromatic nitrogens is 2. The van der Waals surface area contributed by atoms with Gasteiger partial charge in [0.05, 0.1) is 36.0 Å². The van der Waals surface area contributed by atoms with Crippen molar-refractivity contribution in [2.45, 2.75) is 46.0 Å². The van der Waals surface area contributed by atoms with E-state index in [2.05, 4.69) is 10.4 Å². The fraction of sp³-hybridized carbons (Fsp3) is 0.346. The Labute approximate surface area is 206 Å². The molecule has 1 saturated heterocycles.